The number of rotatable bonds is 3. The summed E-state index contributed by atoms with van der Waals surface area (Å²) in [5.74, 6) is -2.18. The molecule has 6 heteroatoms. The van der Waals surface area contributed by atoms with Crippen molar-refractivity contribution in [1.82, 2.24) is 4.90 Å². The first kappa shape index (κ1) is 15.3. The molecule has 0 spiro atoms. The van der Waals surface area contributed by atoms with Crippen molar-refractivity contribution in [2.45, 2.75) is 57.3 Å². The van der Waals surface area contributed by atoms with Crippen molar-refractivity contribution in [1.29, 1.82) is 0 Å². The first-order valence-corrected chi connectivity index (χ1v) is 6.10. The minimum atomic E-state index is -4.12. The largest absolute Gasteiger partial charge is 0.480 e. The van der Waals surface area contributed by atoms with E-state index in [9.17, 15) is 18.0 Å². The molecule has 0 aromatic carbocycles. The average Bonchev–Trinajstić information content (AvgIpc) is 2.26. The topological polar surface area (TPSA) is 40.5 Å². The van der Waals surface area contributed by atoms with Crippen LogP contribution in [0.4, 0.5) is 13.2 Å². The van der Waals surface area contributed by atoms with E-state index in [-0.39, 0.29) is 18.9 Å². The highest BCUT2D eigenvalue weighted by molar-refractivity contribution is 5.77. The van der Waals surface area contributed by atoms with Crippen molar-refractivity contribution in [3.8, 4) is 0 Å². The molecule has 0 aromatic heterocycles. The van der Waals surface area contributed by atoms with E-state index >= 15 is 0 Å². The Morgan fingerprint density at radius 3 is 1.94 bits per heavy atom. The van der Waals surface area contributed by atoms with E-state index in [1.165, 1.54) is 0 Å². The van der Waals surface area contributed by atoms with E-state index in [1.54, 1.807) is 25.8 Å². The summed E-state index contributed by atoms with van der Waals surface area (Å²) in [5.41, 5.74) is -1.05. The first-order valence-electron chi connectivity index (χ1n) is 6.10. The van der Waals surface area contributed by atoms with Crippen LogP contribution in [0.25, 0.3) is 0 Å². The molecule has 18 heavy (non-hydrogen) atoms. The van der Waals surface area contributed by atoms with Crippen molar-refractivity contribution in [3.63, 3.8) is 0 Å². The molecule has 0 saturated heterocycles. The third-order valence-corrected chi connectivity index (χ3v) is 4.11. The standard InChI is InChI=1S/C12H20F3NO2/c1-11(2,10(17)18)16(3)9-6-4-8(5-7-9)12(13,14)15/h8-9H,4-7H2,1-3H3,(H,17,18). The Morgan fingerprint density at radius 2 is 1.61 bits per heavy atom. The molecule has 1 fully saturated rings. The molecule has 1 saturated carbocycles. The highest BCUT2D eigenvalue weighted by atomic mass is 19.4. The SMILES string of the molecule is CN(C1CCC(C(F)(F)F)CC1)C(C)(C)C(=O)O. The maximum Gasteiger partial charge on any atom is 0.391 e. The van der Waals surface area contributed by atoms with E-state index < -0.39 is 23.6 Å². The molecule has 0 aliphatic heterocycles. The molecule has 0 unspecified atom stereocenters. The maximum atomic E-state index is 12.5. The molecular weight excluding hydrogens is 247 g/mol. The van der Waals surface area contributed by atoms with Crippen LogP contribution in [0.3, 0.4) is 0 Å². The molecule has 1 aliphatic rings. The molecule has 0 amide bonds. The van der Waals surface area contributed by atoms with E-state index in [1.807, 2.05) is 0 Å². The minimum Gasteiger partial charge on any atom is -0.480 e. The molecule has 0 aromatic rings. The van der Waals surface area contributed by atoms with E-state index in [4.69, 9.17) is 5.11 Å². The Bertz CT molecular complexity index is 307. The van der Waals surface area contributed by atoms with Crippen LogP contribution >= 0.6 is 0 Å². The van der Waals surface area contributed by atoms with Gasteiger partial charge in [0, 0.05) is 6.04 Å². The van der Waals surface area contributed by atoms with Gasteiger partial charge in [-0.05, 0) is 46.6 Å². The highest BCUT2D eigenvalue weighted by Crippen LogP contribution is 2.39. The number of nitrogens with zero attached hydrogens (tertiary/aromatic N) is 1. The third kappa shape index (κ3) is 3.16. The second-order valence-electron chi connectivity index (χ2n) is 5.52. The van der Waals surface area contributed by atoms with Gasteiger partial charge in [0.25, 0.3) is 0 Å². The van der Waals surface area contributed by atoms with Gasteiger partial charge in [0.1, 0.15) is 5.54 Å². The second-order valence-corrected chi connectivity index (χ2v) is 5.52. The van der Waals surface area contributed by atoms with Crippen LogP contribution in [-0.2, 0) is 4.79 Å². The first-order chi connectivity index (χ1) is 8.06. The van der Waals surface area contributed by atoms with Crippen molar-refractivity contribution in [3.05, 3.63) is 0 Å². The number of halogens is 3. The zero-order valence-electron chi connectivity index (χ0n) is 10.9. The number of carboxylic acid groups (broad SMARTS) is 1. The van der Waals surface area contributed by atoms with Crippen LogP contribution in [0, 0.1) is 5.92 Å². The van der Waals surface area contributed by atoms with Gasteiger partial charge in [-0.25, -0.2) is 0 Å². The number of aliphatic carboxylic acids is 1. The van der Waals surface area contributed by atoms with Gasteiger partial charge in [-0.1, -0.05) is 0 Å². The molecule has 1 N–H and O–H groups in total. The predicted octanol–water partition coefficient (Wildman–Crippen LogP) is 2.90. The Balaban J connectivity index is 2.61. The smallest absolute Gasteiger partial charge is 0.391 e. The Kier molecular flexibility index (Phi) is 4.30. The van der Waals surface area contributed by atoms with Gasteiger partial charge in [0.2, 0.25) is 0 Å². The minimum absolute atomic E-state index is 0.0882. The lowest BCUT2D eigenvalue weighted by Crippen LogP contribution is -2.53. The molecular formula is C12H20F3NO2. The van der Waals surface area contributed by atoms with Crippen molar-refractivity contribution in [2.24, 2.45) is 5.92 Å². The van der Waals surface area contributed by atoms with Crippen molar-refractivity contribution in [2.75, 3.05) is 7.05 Å². The third-order valence-electron chi connectivity index (χ3n) is 4.11. The highest BCUT2D eigenvalue weighted by Gasteiger charge is 2.44. The fraction of sp³-hybridized carbons (Fsp3) is 0.917. The monoisotopic (exact) mass is 267 g/mol. The fourth-order valence-electron chi connectivity index (χ4n) is 2.40. The molecule has 0 atom stereocenters. The summed E-state index contributed by atoms with van der Waals surface area (Å²) in [6, 6.07) is -0.0882. The second kappa shape index (κ2) is 5.07. The maximum absolute atomic E-state index is 12.5. The van der Waals surface area contributed by atoms with Gasteiger partial charge in [-0.15, -0.1) is 0 Å². The van der Waals surface area contributed by atoms with Gasteiger partial charge < -0.3 is 5.11 Å². The zero-order valence-corrected chi connectivity index (χ0v) is 10.9. The normalized spacial score (nSPS) is 26.4. The number of carbonyl (C=O) groups is 1. The van der Waals surface area contributed by atoms with Crippen molar-refractivity contribution < 1.29 is 23.1 Å². The molecule has 106 valence electrons. The number of carboxylic acids is 1. The zero-order chi connectivity index (χ0) is 14.1. The van der Waals surface area contributed by atoms with Gasteiger partial charge in [0.15, 0.2) is 0 Å². The van der Waals surface area contributed by atoms with Crippen LogP contribution in [-0.4, -0.2) is 40.8 Å². The lowest BCUT2D eigenvalue weighted by molar-refractivity contribution is -0.186. The lowest BCUT2D eigenvalue weighted by atomic mass is 9.83. The summed E-state index contributed by atoms with van der Waals surface area (Å²) < 4.78 is 37.6. The van der Waals surface area contributed by atoms with E-state index in [0.29, 0.717) is 12.8 Å². The molecule has 0 radical (unpaired) electrons. The van der Waals surface area contributed by atoms with Crippen LogP contribution in [0.2, 0.25) is 0 Å². The summed E-state index contributed by atoms with van der Waals surface area (Å²) in [6.07, 6.45) is -3.14. The Hall–Kier alpha value is -0.780. The predicted molar refractivity (Wildman–Crippen MR) is 61.3 cm³/mol. The van der Waals surface area contributed by atoms with Gasteiger partial charge in [0.05, 0.1) is 5.92 Å². The van der Waals surface area contributed by atoms with Gasteiger partial charge >= 0.3 is 12.1 Å². The Labute approximate surface area is 105 Å². The van der Waals surface area contributed by atoms with Crippen LogP contribution in [0.1, 0.15) is 39.5 Å². The summed E-state index contributed by atoms with van der Waals surface area (Å²) in [6.45, 7) is 3.15. The quantitative estimate of drug-likeness (QED) is 0.854. The molecule has 0 bridgehead atoms. The van der Waals surface area contributed by atoms with E-state index in [2.05, 4.69) is 0 Å². The molecule has 3 nitrogen and oxygen atoms in total. The van der Waals surface area contributed by atoms with Crippen LogP contribution in [0.5, 0.6) is 0 Å². The van der Waals surface area contributed by atoms with E-state index in [0.717, 1.165) is 0 Å². The van der Waals surface area contributed by atoms with Crippen LogP contribution < -0.4 is 0 Å². The number of likely N-dealkylation sites (N-methyl/N-ethyl adjacent to an activating group) is 1. The summed E-state index contributed by atoms with van der Waals surface area (Å²) in [5, 5.41) is 9.10. The summed E-state index contributed by atoms with van der Waals surface area (Å²) >= 11 is 0. The molecule has 1 aliphatic carbocycles. The lowest BCUT2D eigenvalue weighted by Gasteiger charge is -2.41. The number of alkyl halides is 3. The molecule has 0 heterocycles. The van der Waals surface area contributed by atoms with Crippen LogP contribution in [0.15, 0.2) is 0 Å². The Morgan fingerprint density at radius 1 is 1.17 bits per heavy atom. The average molecular weight is 267 g/mol. The number of hydrogen-bond donors (Lipinski definition) is 1. The van der Waals surface area contributed by atoms with Gasteiger partial charge in [-0.3, -0.25) is 9.69 Å². The fourth-order valence-corrected chi connectivity index (χ4v) is 2.40. The van der Waals surface area contributed by atoms with Crippen molar-refractivity contribution >= 4 is 5.97 Å². The summed E-state index contributed by atoms with van der Waals surface area (Å²) in [4.78, 5) is 12.8. The van der Waals surface area contributed by atoms with Gasteiger partial charge in [-0.2, -0.15) is 13.2 Å². The summed E-state index contributed by atoms with van der Waals surface area (Å²) in [7, 11) is 1.67. The molecule has 1 rings (SSSR count). The number of hydrogen-bond acceptors (Lipinski definition) is 2.